The lowest BCUT2D eigenvalue weighted by molar-refractivity contribution is 0.413. The van der Waals surface area contributed by atoms with E-state index in [9.17, 15) is 0 Å². The monoisotopic (exact) mass is 231 g/mol. The number of rotatable bonds is 3. The first-order chi connectivity index (χ1) is 8.24. The van der Waals surface area contributed by atoms with Crippen molar-refractivity contribution in [2.24, 2.45) is 4.99 Å². The summed E-state index contributed by atoms with van der Waals surface area (Å²) in [5, 5.41) is 4.21. The van der Waals surface area contributed by atoms with Crippen LogP contribution in [0.5, 0.6) is 5.75 Å². The molecule has 0 radical (unpaired) electrons. The first-order valence-corrected chi connectivity index (χ1v) is 5.16. The molecule has 0 aliphatic rings. The predicted molar refractivity (Wildman–Crippen MR) is 64.3 cm³/mol. The summed E-state index contributed by atoms with van der Waals surface area (Å²) >= 11 is 0. The average molecular weight is 231 g/mol. The number of ether oxygens (including phenoxy) is 1. The standard InChI is InChI=1S/C11H13N5O/c1-4-12-10-5-9(17-3)6-13-11(10)16-7-14-8(2)15-16/h4-7H,1-3H3. The minimum Gasteiger partial charge on any atom is -0.495 e. The van der Waals surface area contributed by atoms with Crippen LogP contribution < -0.4 is 4.74 Å². The smallest absolute Gasteiger partial charge is 0.181 e. The van der Waals surface area contributed by atoms with Crippen molar-refractivity contribution >= 4 is 11.9 Å². The summed E-state index contributed by atoms with van der Waals surface area (Å²) in [4.78, 5) is 12.6. The molecule has 2 aromatic rings. The van der Waals surface area contributed by atoms with E-state index in [2.05, 4.69) is 20.1 Å². The quantitative estimate of drug-likeness (QED) is 0.754. The van der Waals surface area contributed by atoms with Gasteiger partial charge in [-0.05, 0) is 13.8 Å². The Morgan fingerprint density at radius 2 is 2.24 bits per heavy atom. The highest BCUT2D eigenvalue weighted by molar-refractivity contribution is 5.65. The third kappa shape index (κ3) is 2.30. The number of aryl methyl sites for hydroxylation is 1. The summed E-state index contributed by atoms with van der Waals surface area (Å²) in [6.07, 6.45) is 4.93. The second-order valence-electron chi connectivity index (χ2n) is 3.34. The molecule has 0 unspecified atom stereocenters. The van der Waals surface area contributed by atoms with Crippen molar-refractivity contribution < 1.29 is 4.74 Å². The number of hydrogen-bond donors (Lipinski definition) is 0. The van der Waals surface area contributed by atoms with Gasteiger partial charge >= 0.3 is 0 Å². The molecule has 17 heavy (non-hydrogen) atoms. The molecule has 6 heteroatoms. The largest absolute Gasteiger partial charge is 0.495 e. The Morgan fingerprint density at radius 3 is 2.82 bits per heavy atom. The number of pyridine rings is 1. The van der Waals surface area contributed by atoms with Crippen LogP contribution in [0.25, 0.3) is 5.82 Å². The molecule has 0 aromatic carbocycles. The third-order valence-corrected chi connectivity index (χ3v) is 2.15. The highest BCUT2D eigenvalue weighted by Gasteiger charge is 2.08. The van der Waals surface area contributed by atoms with Crippen LogP contribution in [0, 0.1) is 6.92 Å². The van der Waals surface area contributed by atoms with E-state index < -0.39 is 0 Å². The van der Waals surface area contributed by atoms with Crippen LogP contribution in [-0.2, 0) is 0 Å². The van der Waals surface area contributed by atoms with Gasteiger partial charge in [-0.3, -0.25) is 4.99 Å². The minimum absolute atomic E-state index is 0.629. The minimum atomic E-state index is 0.629. The molecule has 0 N–H and O–H groups in total. The number of methoxy groups -OCH3 is 1. The predicted octanol–water partition coefficient (Wildman–Crippen LogP) is 1.70. The van der Waals surface area contributed by atoms with Crippen LogP contribution in [0.1, 0.15) is 12.7 Å². The number of aliphatic imine (C=N–C) groups is 1. The normalized spacial score (nSPS) is 11.0. The van der Waals surface area contributed by atoms with Crippen LogP contribution in [0.2, 0.25) is 0 Å². The van der Waals surface area contributed by atoms with Gasteiger partial charge in [-0.15, -0.1) is 0 Å². The van der Waals surface area contributed by atoms with Gasteiger partial charge in [0.05, 0.1) is 13.3 Å². The Hall–Kier alpha value is -2.24. The van der Waals surface area contributed by atoms with E-state index in [1.54, 1.807) is 36.6 Å². The lowest BCUT2D eigenvalue weighted by atomic mass is 10.3. The molecular formula is C11H13N5O. The molecule has 0 fully saturated rings. The number of aromatic nitrogens is 4. The molecule has 0 amide bonds. The molecule has 0 bridgehead atoms. The molecule has 2 aromatic heterocycles. The van der Waals surface area contributed by atoms with Gasteiger partial charge in [0.2, 0.25) is 0 Å². The van der Waals surface area contributed by atoms with E-state index in [4.69, 9.17) is 4.74 Å². The van der Waals surface area contributed by atoms with Crippen molar-refractivity contribution in [2.45, 2.75) is 13.8 Å². The lowest BCUT2D eigenvalue weighted by Crippen LogP contribution is -1.99. The summed E-state index contributed by atoms with van der Waals surface area (Å²) < 4.78 is 6.71. The van der Waals surface area contributed by atoms with Crippen LogP contribution in [0.4, 0.5) is 5.69 Å². The van der Waals surface area contributed by atoms with Crippen molar-refractivity contribution in [1.82, 2.24) is 19.7 Å². The van der Waals surface area contributed by atoms with E-state index >= 15 is 0 Å². The van der Waals surface area contributed by atoms with Gasteiger partial charge in [0.15, 0.2) is 5.82 Å². The number of nitrogens with zero attached hydrogens (tertiary/aromatic N) is 5. The van der Waals surface area contributed by atoms with Gasteiger partial charge in [0, 0.05) is 12.3 Å². The summed E-state index contributed by atoms with van der Waals surface area (Å²) in [5.41, 5.74) is 0.691. The molecule has 0 saturated heterocycles. The summed E-state index contributed by atoms with van der Waals surface area (Å²) in [6.45, 7) is 3.67. The lowest BCUT2D eigenvalue weighted by Gasteiger charge is -2.05. The first kappa shape index (κ1) is 11.3. The van der Waals surface area contributed by atoms with Gasteiger partial charge < -0.3 is 4.74 Å². The van der Waals surface area contributed by atoms with E-state index in [1.807, 2.05) is 13.8 Å². The zero-order valence-electron chi connectivity index (χ0n) is 9.95. The van der Waals surface area contributed by atoms with Crippen LogP contribution in [-0.4, -0.2) is 33.1 Å². The molecular weight excluding hydrogens is 218 g/mol. The first-order valence-electron chi connectivity index (χ1n) is 5.16. The van der Waals surface area contributed by atoms with Gasteiger partial charge in [-0.2, -0.15) is 5.10 Å². The van der Waals surface area contributed by atoms with Gasteiger partial charge in [-0.1, -0.05) is 0 Å². The second kappa shape index (κ2) is 4.73. The van der Waals surface area contributed by atoms with Crippen molar-refractivity contribution in [1.29, 1.82) is 0 Å². The molecule has 2 heterocycles. The SMILES string of the molecule is CC=Nc1cc(OC)cnc1-n1cnc(C)n1. The molecule has 88 valence electrons. The van der Waals surface area contributed by atoms with Crippen LogP contribution >= 0.6 is 0 Å². The summed E-state index contributed by atoms with van der Waals surface area (Å²) in [5.74, 6) is 1.98. The fourth-order valence-electron chi connectivity index (χ4n) is 1.40. The molecule has 0 aliphatic heterocycles. The maximum Gasteiger partial charge on any atom is 0.181 e. The molecule has 0 spiro atoms. The van der Waals surface area contributed by atoms with Gasteiger partial charge in [0.1, 0.15) is 23.6 Å². The van der Waals surface area contributed by atoms with Crippen molar-refractivity contribution in [3.05, 3.63) is 24.4 Å². The molecule has 0 saturated carbocycles. The second-order valence-corrected chi connectivity index (χ2v) is 3.34. The summed E-state index contributed by atoms with van der Waals surface area (Å²) in [6, 6.07) is 1.80. The molecule has 2 rings (SSSR count). The Kier molecular flexibility index (Phi) is 3.13. The van der Waals surface area contributed by atoms with Crippen molar-refractivity contribution in [2.75, 3.05) is 7.11 Å². The van der Waals surface area contributed by atoms with Crippen molar-refractivity contribution in [3.8, 4) is 11.6 Å². The number of hydrogen-bond acceptors (Lipinski definition) is 5. The maximum absolute atomic E-state index is 5.12. The van der Waals surface area contributed by atoms with Crippen molar-refractivity contribution in [3.63, 3.8) is 0 Å². The molecule has 0 aliphatic carbocycles. The fourth-order valence-corrected chi connectivity index (χ4v) is 1.40. The highest BCUT2D eigenvalue weighted by Crippen LogP contribution is 2.24. The highest BCUT2D eigenvalue weighted by atomic mass is 16.5. The molecule has 6 nitrogen and oxygen atoms in total. The van der Waals surface area contributed by atoms with Gasteiger partial charge in [-0.25, -0.2) is 14.6 Å². The van der Waals surface area contributed by atoms with Crippen LogP contribution in [0.15, 0.2) is 23.6 Å². The van der Waals surface area contributed by atoms with E-state index in [0.29, 0.717) is 23.1 Å². The zero-order chi connectivity index (χ0) is 12.3. The zero-order valence-corrected chi connectivity index (χ0v) is 9.95. The van der Waals surface area contributed by atoms with E-state index in [-0.39, 0.29) is 0 Å². The Balaban J connectivity index is 2.52. The van der Waals surface area contributed by atoms with Gasteiger partial charge in [0.25, 0.3) is 0 Å². The Labute approximate surface area is 99.0 Å². The Morgan fingerprint density at radius 1 is 1.41 bits per heavy atom. The average Bonchev–Trinajstić information content (AvgIpc) is 2.76. The molecule has 0 atom stereocenters. The van der Waals surface area contributed by atoms with E-state index in [1.165, 1.54) is 0 Å². The fraction of sp³-hybridized carbons (Fsp3) is 0.273. The third-order valence-electron chi connectivity index (χ3n) is 2.15. The Bertz CT molecular complexity index is 547. The summed E-state index contributed by atoms with van der Waals surface area (Å²) in [7, 11) is 1.59. The maximum atomic E-state index is 5.12. The van der Waals surface area contributed by atoms with Crippen LogP contribution in [0.3, 0.4) is 0 Å². The topological polar surface area (TPSA) is 65.2 Å². The van der Waals surface area contributed by atoms with E-state index in [0.717, 1.165) is 0 Å².